The minimum atomic E-state index is -0.458. The summed E-state index contributed by atoms with van der Waals surface area (Å²) < 4.78 is 5.44. The van der Waals surface area contributed by atoms with Gasteiger partial charge in [0.15, 0.2) is 11.2 Å². The molecule has 1 atom stereocenters. The second-order valence-electron chi connectivity index (χ2n) is 9.31. The maximum absolute atomic E-state index is 13.8. The summed E-state index contributed by atoms with van der Waals surface area (Å²) in [6.07, 6.45) is 3.87. The Kier molecular flexibility index (Phi) is 6.52. The molecule has 0 bridgehead atoms. The molecule has 4 heterocycles. The van der Waals surface area contributed by atoms with Crippen molar-refractivity contribution in [3.8, 4) is 0 Å². The number of rotatable bonds is 5. The van der Waals surface area contributed by atoms with Crippen LogP contribution in [0.25, 0.3) is 22.1 Å². The highest BCUT2D eigenvalue weighted by Crippen LogP contribution is 2.24. The topological polar surface area (TPSA) is 117 Å². The predicted octanol–water partition coefficient (Wildman–Crippen LogP) is 2.42. The van der Waals surface area contributed by atoms with Crippen LogP contribution in [0.5, 0.6) is 0 Å². The lowest BCUT2D eigenvalue weighted by Crippen LogP contribution is -2.44. The van der Waals surface area contributed by atoms with Crippen LogP contribution < -0.4 is 21.9 Å². The lowest BCUT2D eigenvalue weighted by atomic mass is 10.1. The van der Waals surface area contributed by atoms with Crippen molar-refractivity contribution >= 4 is 43.9 Å². The van der Waals surface area contributed by atoms with Gasteiger partial charge in [-0.1, -0.05) is 40.2 Å². The van der Waals surface area contributed by atoms with Gasteiger partial charge in [-0.3, -0.25) is 13.9 Å². The Hall–Kier alpha value is -3.31. The summed E-state index contributed by atoms with van der Waals surface area (Å²) in [7, 11) is 1.64. The van der Waals surface area contributed by atoms with E-state index >= 15 is 0 Å². The number of para-hydroxylation sites is 1. The largest absolute Gasteiger partial charge is 0.341 e. The van der Waals surface area contributed by atoms with E-state index in [0.29, 0.717) is 36.0 Å². The summed E-state index contributed by atoms with van der Waals surface area (Å²) in [6, 6.07) is 7.73. The van der Waals surface area contributed by atoms with Crippen LogP contribution in [0.1, 0.15) is 31.3 Å². The van der Waals surface area contributed by atoms with Crippen molar-refractivity contribution in [3.63, 3.8) is 0 Å². The first-order valence-corrected chi connectivity index (χ1v) is 12.8. The fourth-order valence-electron chi connectivity index (χ4n) is 4.83. The maximum atomic E-state index is 13.8. The molecule has 2 N–H and O–H groups in total. The number of nitrogens with zero attached hydrogens (tertiary/aromatic N) is 7. The molecule has 11 heteroatoms. The van der Waals surface area contributed by atoms with Gasteiger partial charge in [0, 0.05) is 43.8 Å². The van der Waals surface area contributed by atoms with Crippen LogP contribution in [0, 0.1) is 6.92 Å². The number of fused-ring (bicyclic) bond motifs is 2. The number of anilines is 1. The number of halogens is 1. The summed E-state index contributed by atoms with van der Waals surface area (Å²) in [4.78, 5) is 43.3. The Morgan fingerprint density at radius 2 is 1.97 bits per heavy atom. The quantitative estimate of drug-likeness (QED) is 0.404. The first-order valence-electron chi connectivity index (χ1n) is 12.0. The Morgan fingerprint density at radius 3 is 2.72 bits per heavy atom. The van der Waals surface area contributed by atoms with Gasteiger partial charge in [-0.15, -0.1) is 0 Å². The van der Waals surface area contributed by atoms with E-state index < -0.39 is 11.2 Å². The van der Waals surface area contributed by atoms with Crippen LogP contribution in [0.2, 0.25) is 0 Å². The molecule has 0 aliphatic carbocycles. The standard InChI is InChI=1S/C25H29BrN8O2/c1-15(26)10-12-33-21-22(30-24(33)32-11-6-7-17(27)13-32)31(3)25(36)34(23(21)35)14-20-28-16(2)18-8-4-5-9-19(18)29-20/h4-5,8-10,17H,6-7,11-14,27H2,1-3H3/b15-10+/t17-/m1/s1. The van der Waals surface area contributed by atoms with Crippen molar-refractivity contribution in [1.29, 1.82) is 0 Å². The average molecular weight is 553 g/mol. The second-order valence-corrected chi connectivity index (χ2v) is 10.6. The van der Waals surface area contributed by atoms with Crippen molar-refractivity contribution in [2.75, 3.05) is 18.0 Å². The van der Waals surface area contributed by atoms with Crippen LogP contribution in [0.15, 0.2) is 44.4 Å². The average Bonchev–Trinajstić information content (AvgIpc) is 3.24. The Balaban J connectivity index is 1.69. The van der Waals surface area contributed by atoms with E-state index in [1.807, 2.05) is 48.8 Å². The number of hydrogen-bond donors (Lipinski definition) is 1. The van der Waals surface area contributed by atoms with Crippen LogP contribution in [0.4, 0.5) is 5.95 Å². The van der Waals surface area contributed by atoms with Gasteiger partial charge in [0.25, 0.3) is 5.56 Å². The summed E-state index contributed by atoms with van der Waals surface area (Å²) in [6.45, 7) is 5.66. The molecule has 4 aromatic rings. The zero-order valence-electron chi connectivity index (χ0n) is 20.6. The molecule has 0 spiro atoms. The molecular weight excluding hydrogens is 524 g/mol. The lowest BCUT2D eigenvalue weighted by Gasteiger charge is -2.31. The number of imidazole rings is 1. The number of aryl methyl sites for hydroxylation is 2. The van der Waals surface area contributed by atoms with Crippen molar-refractivity contribution < 1.29 is 0 Å². The summed E-state index contributed by atoms with van der Waals surface area (Å²) in [5.74, 6) is 1.06. The van der Waals surface area contributed by atoms with Crippen molar-refractivity contribution in [2.24, 2.45) is 12.8 Å². The summed E-state index contributed by atoms with van der Waals surface area (Å²) in [5, 5.41) is 0.941. The first-order chi connectivity index (χ1) is 17.2. The third-order valence-corrected chi connectivity index (χ3v) is 6.97. The SMILES string of the molecule is C/C(Br)=C\Cn1c(N2CCC[C@@H](N)C2)nc2c1c(=O)n(Cc1nc(C)c3ccccc3n1)c(=O)n2C. The summed E-state index contributed by atoms with van der Waals surface area (Å²) >= 11 is 3.48. The number of hydrogen-bond acceptors (Lipinski definition) is 7. The van der Waals surface area contributed by atoms with Gasteiger partial charge in [-0.05, 0) is 37.2 Å². The third kappa shape index (κ3) is 4.37. The number of piperidine rings is 1. The van der Waals surface area contributed by atoms with Crippen LogP contribution >= 0.6 is 15.9 Å². The van der Waals surface area contributed by atoms with Crippen molar-refractivity contribution in [2.45, 2.75) is 45.8 Å². The minimum absolute atomic E-state index is 0.0322. The van der Waals surface area contributed by atoms with Gasteiger partial charge in [0.1, 0.15) is 5.82 Å². The van der Waals surface area contributed by atoms with E-state index in [9.17, 15) is 9.59 Å². The van der Waals surface area contributed by atoms with E-state index in [2.05, 4.69) is 30.8 Å². The molecule has 1 fully saturated rings. The Morgan fingerprint density at radius 1 is 1.19 bits per heavy atom. The fourth-order valence-corrected chi connectivity index (χ4v) is 4.97. The zero-order chi connectivity index (χ0) is 25.6. The molecule has 3 aromatic heterocycles. The fraction of sp³-hybridized carbons (Fsp3) is 0.400. The van der Waals surface area contributed by atoms with Gasteiger partial charge < -0.3 is 15.2 Å². The molecule has 0 saturated carbocycles. The third-order valence-electron chi connectivity index (χ3n) is 6.65. The maximum Gasteiger partial charge on any atom is 0.332 e. The van der Waals surface area contributed by atoms with Gasteiger partial charge in [0.2, 0.25) is 5.95 Å². The smallest absolute Gasteiger partial charge is 0.332 e. The zero-order valence-corrected chi connectivity index (χ0v) is 22.2. The van der Waals surface area contributed by atoms with E-state index in [1.165, 1.54) is 9.13 Å². The Labute approximate surface area is 216 Å². The van der Waals surface area contributed by atoms with Gasteiger partial charge in [-0.2, -0.15) is 4.98 Å². The molecule has 1 aromatic carbocycles. The predicted molar refractivity (Wildman–Crippen MR) is 145 cm³/mol. The number of aromatic nitrogens is 6. The van der Waals surface area contributed by atoms with E-state index in [1.54, 1.807) is 7.05 Å². The van der Waals surface area contributed by atoms with Gasteiger partial charge in [0.05, 0.1) is 12.1 Å². The molecule has 188 valence electrons. The lowest BCUT2D eigenvalue weighted by molar-refractivity contribution is 0.495. The Bertz CT molecular complexity index is 1610. The summed E-state index contributed by atoms with van der Waals surface area (Å²) in [5.41, 5.74) is 7.67. The number of benzene rings is 1. The van der Waals surface area contributed by atoms with E-state index in [-0.39, 0.29) is 12.6 Å². The molecule has 1 aliphatic rings. The van der Waals surface area contributed by atoms with Crippen LogP contribution in [-0.4, -0.2) is 47.8 Å². The van der Waals surface area contributed by atoms with Crippen LogP contribution in [-0.2, 0) is 20.1 Å². The molecule has 5 rings (SSSR count). The number of allylic oxidation sites excluding steroid dienone is 2. The second kappa shape index (κ2) is 9.62. The van der Waals surface area contributed by atoms with Gasteiger partial charge >= 0.3 is 5.69 Å². The highest BCUT2D eigenvalue weighted by molar-refractivity contribution is 9.11. The highest BCUT2D eigenvalue weighted by atomic mass is 79.9. The van der Waals surface area contributed by atoms with E-state index in [4.69, 9.17) is 10.7 Å². The highest BCUT2D eigenvalue weighted by Gasteiger charge is 2.26. The number of nitrogens with two attached hydrogens (primary N) is 1. The van der Waals surface area contributed by atoms with E-state index in [0.717, 1.165) is 40.5 Å². The molecule has 1 aliphatic heterocycles. The van der Waals surface area contributed by atoms with Gasteiger partial charge in [-0.25, -0.2) is 14.8 Å². The minimum Gasteiger partial charge on any atom is -0.341 e. The molecule has 0 radical (unpaired) electrons. The molecule has 36 heavy (non-hydrogen) atoms. The molecule has 0 unspecified atom stereocenters. The van der Waals surface area contributed by atoms with Crippen LogP contribution in [0.3, 0.4) is 0 Å². The molecular formula is C25H29BrN8O2. The monoisotopic (exact) mass is 552 g/mol. The first kappa shape index (κ1) is 24.4. The normalized spacial score (nSPS) is 16.9. The van der Waals surface area contributed by atoms with Crippen molar-refractivity contribution in [1.82, 2.24) is 28.7 Å². The van der Waals surface area contributed by atoms with Crippen molar-refractivity contribution in [3.05, 3.63) is 67.2 Å². The molecule has 1 saturated heterocycles. The molecule has 0 amide bonds. The molecule has 10 nitrogen and oxygen atoms in total.